The van der Waals surface area contributed by atoms with Crippen molar-refractivity contribution in [3.63, 3.8) is 0 Å². The highest BCUT2D eigenvalue weighted by Crippen LogP contribution is 2.35. The Morgan fingerprint density at radius 1 is 0.500 bits per heavy atom. The Hall–Kier alpha value is -3.32. The number of hydrogen-bond acceptors (Lipinski definition) is 0. The molecule has 0 aliphatic heterocycles. The molecule has 30 heavy (non-hydrogen) atoms. The van der Waals surface area contributed by atoms with Gasteiger partial charge in [-0.1, -0.05) is 53.6 Å². The highest BCUT2D eigenvalue weighted by atomic mass is 14.7. The number of benzene rings is 4. The summed E-state index contributed by atoms with van der Waals surface area (Å²) in [6.07, 6.45) is 0. The van der Waals surface area contributed by atoms with Crippen molar-refractivity contribution in [3.8, 4) is 22.3 Å². The molecule has 1 heteroatoms. The summed E-state index contributed by atoms with van der Waals surface area (Å²) in [7, 11) is 0. The van der Waals surface area contributed by atoms with E-state index in [9.17, 15) is 0 Å². The summed E-state index contributed by atoms with van der Waals surface area (Å²) in [5, 5.41) is 2.57. The average Bonchev–Trinajstić information content (AvgIpc) is 3.04. The van der Waals surface area contributed by atoms with Gasteiger partial charge < -0.3 is 4.98 Å². The van der Waals surface area contributed by atoms with Crippen LogP contribution in [0.5, 0.6) is 0 Å². The summed E-state index contributed by atoms with van der Waals surface area (Å²) < 4.78 is 0. The fraction of sp³-hybridized carbons (Fsp3) is 0.172. The van der Waals surface area contributed by atoms with Crippen molar-refractivity contribution in [2.24, 2.45) is 0 Å². The van der Waals surface area contributed by atoms with Gasteiger partial charge in [0.15, 0.2) is 0 Å². The van der Waals surface area contributed by atoms with Crippen LogP contribution in [0.4, 0.5) is 0 Å². The Morgan fingerprint density at radius 3 is 1.70 bits per heavy atom. The van der Waals surface area contributed by atoms with Crippen molar-refractivity contribution in [1.29, 1.82) is 0 Å². The molecule has 0 amide bonds. The van der Waals surface area contributed by atoms with Crippen LogP contribution in [0.1, 0.15) is 27.8 Å². The maximum Gasteiger partial charge on any atom is 0.0465 e. The van der Waals surface area contributed by atoms with Crippen molar-refractivity contribution in [2.75, 3.05) is 0 Å². The van der Waals surface area contributed by atoms with Gasteiger partial charge >= 0.3 is 0 Å². The van der Waals surface area contributed by atoms with Crippen LogP contribution in [0.15, 0.2) is 66.7 Å². The van der Waals surface area contributed by atoms with Crippen LogP contribution >= 0.6 is 0 Å². The lowest BCUT2D eigenvalue weighted by Crippen LogP contribution is -1.90. The molecule has 5 aromatic rings. The number of fused-ring (bicyclic) bond motifs is 3. The third-order valence-electron chi connectivity index (χ3n) is 6.26. The van der Waals surface area contributed by atoms with E-state index in [4.69, 9.17) is 0 Å². The fourth-order valence-corrected chi connectivity index (χ4v) is 4.99. The Morgan fingerprint density at radius 2 is 1.07 bits per heavy atom. The Kier molecular flexibility index (Phi) is 4.29. The summed E-state index contributed by atoms with van der Waals surface area (Å²) >= 11 is 0. The molecular formula is C29H27N. The number of nitrogens with one attached hydrogen (secondary N) is 1. The minimum absolute atomic E-state index is 1.19. The third-order valence-corrected chi connectivity index (χ3v) is 6.26. The maximum absolute atomic E-state index is 3.60. The summed E-state index contributed by atoms with van der Waals surface area (Å²) in [5.41, 5.74) is 14.2. The lowest BCUT2D eigenvalue weighted by atomic mass is 9.92. The van der Waals surface area contributed by atoms with Crippen LogP contribution in [0.25, 0.3) is 44.1 Å². The van der Waals surface area contributed by atoms with Crippen LogP contribution < -0.4 is 0 Å². The van der Waals surface area contributed by atoms with Crippen LogP contribution in [-0.2, 0) is 0 Å². The van der Waals surface area contributed by atoms with Gasteiger partial charge in [0, 0.05) is 21.8 Å². The van der Waals surface area contributed by atoms with E-state index in [1.54, 1.807) is 0 Å². The SMILES string of the molecule is Cc1ccc(-c2ccc3[nH]c4ccc(-c5c(C)cc(C)cc5C)cc4c3c2)c(C)c1. The molecule has 0 spiro atoms. The number of hydrogen-bond donors (Lipinski definition) is 1. The Balaban J connectivity index is 1.73. The standard InChI is InChI=1S/C29H27N/c1-17-6-9-24(19(3)12-17)22-7-10-27-25(15-22)26-16-23(8-11-28(26)30-27)29-20(4)13-18(2)14-21(29)5/h6-16,30H,1-5H3. The zero-order valence-corrected chi connectivity index (χ0v) is 18.4. The highest BCUT2D eigenvalue weighted by molar-refractivity contribution is 6.10. The predicted octanol–water partition coefficient (Wildman–Crippen LogP) is 8.20. The summed E-state index contributed by atoms with van der Waals surface area (Å²) in [5.74, 6) is 0. The van der Waals surface area contributed by atoms with E-state index in [1.807, 2.05) is 0 Å². The number of aromatic nitrogens is 1. The second-order valence-corrected chi connectivity index (χ2v) is 8.74. The number of H-pyrrole nitrogens is 1. The van der Waals surface area contributed by atoms with E-state index in [2.05, 4.69) is 106 Å². The van der Waals surface area contributed by atoms with Crippen molar-refractivity contribution in [1.82, 2.24) is 4.98 Å². The van der Waals surface area contributed by atoms with Gasteiger partial charge in [-0.25, -0.2) is 0 Å². The number of aryl methyl sites for hydroxylation is 5. The molecule has 0 bridgehead atoms. The largest absolute Gasteiger partial charge is 0.355 e. The zero-order valence-electron chi connectivity index (χ0n) is 18.4. The molecule has 0 unspecified atom stereocenters. The minimum Gasteiger partial charge on any atom is -0.355 e. The van der Waals surface area contributed by atoms with Gasteiger partial charge in [-0.05, 0) is 97.8 Å². The van der Waals surface area contributed by atoms with Crippen LogP contribution in [0, 0.1) is 34.6 Å². The quantitative estimate of drug-likeness (QED) is 0.313. The van der Waals surface area contributed by atoms with Gasteiger partial charge in [0.2, 0.25) is 0 Å². The summed E-state index contributed by atoms with van der Waals surface area (Å²) in [6, 6.07) is 24.9. The molecule has 0 saturated carbocycles. The third kappa shape index (κ3) is 3.02. The highest BCUT2D eigenvalue weighted by Gasteiger charge is 2.12. The average molecular weight is 390 g/mol. The first-order chi connectivity index (χ1) is 14.4. The first-order valence-electron chi connectivity index (χ1n) is 10.6. The molecule has 1 heterocycles. The van der Waals surface area contributed by atoms with E-state index in [-0.39, 0.29) is 0 Å². The smallest absolute Gasteiger partial charge is 0.0465 e. The van der Waals surface area contributed by atoms with Gasteiger partial charge in [0.25, 0.3) is 0 Å². The second kappa shape index (κ2) is 6.88. The van der Waals surface area contributed by atoms with E-state index in [0.29, 0.717) is 0 Å². The first-order valence-corrected chi connectivity index (χ1v) is 10.6. The number of aromatic amines is 1. The first kappa shape index (κ1) is 18.7. The Bertz CT molecular complexity index is 1410. The number of rotatable bonds is 2. The minimum atomic E-state index is 1.19. The second-order valence-electron chi connectivity index (χ2n) is 8.74. The molecule has 0 aliphatic carbocycles. The summed E-state index contributed by atoms with van der Waals surface area (Å²) in [6.45, 7) is 10.9. The topological polar surface area (TPSA) is 15.8 Å². The van der Waals surface area contributed by atoms with E-state index in [1.165, 1.54) is 71.9 Å². The fourth-order valence-electron chi connectivity index (χ4n) is 4.99. The molecule has 148 valence electrons. The molecular weight excluding hydrogens is 362 g/mol. The Labute approximate surface area is 178 Å². The van der Waals surface area contributed by atoms with Gasteiger partial charge in [0.05, 0.1) is 0 Å². The van der Waals surface area contributed by atoms with E-state index in [0.717, 1.165) is 0 Å². The molecule has 0 aliphatic rings. The van der Waals surface area contributed by atoms with Crippen molar-refractivity contribution < 1.29 is 0 Å². The molecule has 1 N–H and O–H groups in total. The molecule has 0 atom stereocenters. The van der Waals surface area contributed by atoms with Crippen molar-refractivity contribution in [3.05, 3.63) is 94.5 Å². The zero-order chi connectivity index (χ0) is 21.0. The summed E-state index contributed by atoms with van der Waals surface area (Å²) in [4.78, 5) is 3.60. The lowest BCUT2D eigenvalue weighted by Gasteiger charge is -2.12. The molecule has 5 rings (SSSR count). The van der Waals surface area contributed by atoms with Crippen molar-refractivity contribution >= 4 is 21.8 Å². The lowest BCUT2D eigenvalue weighted by molar-refractivity contribution is 1.32. The molecule has 4 aromatic carbocycles. The van der Waals surface area contributed by atoms with Gasteiger partial charge in [0.1, 0.15) is 0 Å². The van der Waals surface area contributed by atoms with Gasteiger partial charge in [-0.15, -0.1) is 0 Å². The molecule has 1 nitrogen and oxygen atoms in total. The molecule has 0 radical (unpaired) electrons. The molecule has 0 fully saturated rings. The van der Waals surface area contributed by atoms with Gasteiger partial charge in [-0.2, -0.15) is 0 Å². The van der Waals surface area contributed by atoms with E-state index >= 15 is 0 Å². The maximum atomic E-state index is 3.60. The van der Waals surface area contributed by atoms with E-state index < -0.39 is 0 Å². The molecule has 0 saturated heterocycles. The normalized spacial score (nSPS) is 11.5. The monoisotopic (exact) mass is 389 g/mol. The van der Waals surface area contributed by atoms with Crippen LogP contribution in [0.2, 0.25) is 0 Å². The van der Waals surface area contributed by atoms with Gasteiger partial charge in [-0.3, -0.25) is 0 Å². The van der Waals surface area contributed by atoms with Crippen LogP contribution in [-0.4, -0.2) is 4.98 Å². The predicted molar refractivity (Wildman–Crippen MR) is 130 cm³/mol. The van der Waals surface area contributed by atoms with Crippen LogP contribution in [0.3, 0.4) is 0 Å². The molecule has 1 aromatic heterocycles. The van der Waals surface area contributed by atoms with Crippen molar-refractivity contribution in [2.45, 2.75) is 34.6 Å².